The molecular weight excluding hydrogens is 607 g/mol. The van der Waals surface area contributed by atoms with Crippen LogP contribution in [0.1, 0.15) is 68.2 Å². The Kier molecular flexibility index (Phi) is 13.2. The van der Waals surface area contributed by atoms with Crippen molar-refractivity contribution in [1.82, 2.24) is 14.7 Å². The number of anilines is 2. The minimum absolute atomic E-state index is 0.0499. The van der Waals surface area contributed by atoms with Crippen molar-refractivity contribution in [3.63, 3.8) is 0 Å². The van der Waals surface area contributed by atoms with E-state index in [2.05, 4.69) is 45.2 Å². The Balaban J connectivity index is 0.000000577. The van der Waals surface area contributed by atoms with Gasteiger partial charge in [0.05, 0.1) is 29.6 Å². The van der Waals surface area contributed by atoms with Crippen molar-refractivity contribution >= 4 is 44.0 Å². The number of piperazine rings is 1. The van der Waals surface area contributed by atoms with E-state index in [1.165, 1.54) is 12.5 Å². The third kappa shape index (κ3) is 8.21. The number of carbonyl (C=O) groups is 1. The van der Waals surface area contributed by atoms with Gasteiger partial charge in [-0.05, 0) is 53.8 Å². The van der Waals surface area contributed by atoms with Crippen molar-refractivity contribution in [2.24, 2.45) is 0 Å². The van der Waals surface area contributed by atoms with Crippen LogP contribution < -0.4 is 10.2 Å². The minimum Gasteiger partial charge on any atom is -0.367 e. The second-order valence-corrected chi connectivity index (χ2v) is 10.5. The lowest BCUT2D eigenvalue weighted by molar-refractivity contribution is 0.103. The first-order chi connectivity index (χ1) is 21.0. The molecule has 2 aliphatic heterocycles. The largest absolute Gasteiger partial charge is 0.367 e. The Morgan fingerprint density at radius 3 is 2.37 bits per heavy atom. The summed E-state index contributed by atoms with van der Waals surface area (Å²) in [5.74, 6) is -0.398. The molecule has 43 heavy (non-hydrogen) atoms. The fourth-order valence-electron chi connectivity index (χ4n) is 5.05. The smallest absolute Gasteiger partial charge is 0.256 e. The number of nitrogens with one attached hydrogen (secondary N) is 1. The molecule has 2 aliphatic rings. The summed E-state index contributed by atoms with van der Waals surface area (Å²) in [5, 5.41) is 19.8. The highest BCUT2D eigenvalue weighted by atomic mass is 79.9. The van der Waals surface area contributed by atoms with Gasteiger partial charge in [0, 0.05) is 60.9 Å². The number of hydrogen-bond donors (Lipinski definition) is 1. The van der Waals surface area contributed by atoms with Crippen LogP contribution in [0.25, 0.3) is 10.8 Å². The minimum atomic E-state index is -0.348. The van der Waals surface area contributed by atoms with Gasteiger partial charge in [-0.25, -0.2) is 4.39 Å². The maximum absolute atomic E-state index is 14.4. The lowest BCUT2D eigenvalue weighted by atomic mass is 10.0. The second-order valence-electron chi connectivity index (χ2n) is 9.69. The molecule has 7 nitrogen and oxygen atoms in total. The number of halogens is 2. The van der Waals surface area contributed by atoms with Crippen molar-refractivity contribution < 1.29 is 9.18 Å². The van der Waals surface area contributed by atoms with Gasteiger partial charge in [0.15, 0.2) is 0 Å². The maximum atomic E-state index is 14.4. The first-order valence-corrected chi connectivity index (χ1v) is 16.2. The van der Waals surface area contributed by atoms with Crippen LogP contribution >= 0.6 is 15.9 Å². The molecule has 0 unspecified atom stereocenters. The predicted octanol–water partition coefficient (Wildman–Crippen LogP) is 7.83. The van der Waals surface area contributed by atoms with Gasteiger partial charge in [-0.15, -0.1) is 0 Å². The number of amides is 1. The number of alkyl halides is 1. The normalized spacial score (nSPS) is 13.5. The lowest BCUT2D eigenvalue weighted by Gasteiger charge is -2.35. The maximum Gasteiger partial charge on any atom is 0.256 e. The standard InChI is InChI=1S/C27H23FN6O.C3H7Br.2C2H6/c28-23-14-18(15-29)4-7-25(23)33-12-10-32(11-13-33)17-20-8-9-34(31-20)16-19-5-6-24-26-21(19)2-1-3-22(26)27(35)30-24;1-2-3-4;2*1-2/h1-9,14H,10-13,16-17H2,(H,30,35);2-3H2,1H3;2*1-2H3. The van der Waals surface area contributed by atoms with Gasteiger partial charge < -0.3 is 10.2 Å². The zero-order valence-electron chi connectivity index (χ0n) is 25.8. The molecule has 1 amide bonds. The molecule has 0 atom stereocenters. The number of nitriles is 1. The highest BCUT2D eigenvalue weighted by molar-refractivity contribution is 9.09. The number of benzene rings is 3. The number of nitrogens with zero attached hydrogens (tertiary/aromatic N) is 5. The van der Waals surface area contributed by atoms with Crippen LogP contribution in [-0.2, 0) is 13.1 Å². The van der Waals surface area contributed by atoms with Crippen LogP contribution in [0.3, 0.4) is 0 Å². The molecule has 228 valence electrons. The molecule has 1 N–H and O–H groups in total. The first-order valence-electron chi connectivity index (χ1n) is 15.1. The van der Waals surface area contributed by atoms with Crippen LogP contribution in [0.15, 0.2) is 60.8 Å². The molecule has 0 saturated carbocycles. The lowest BCUT2D eigenvalue weighted by Crippen LogP contribution is -2.46. The van der Waals surface area contributed by atoms with Crippen molar-refractivity contribution in [1.29, 1.82) is 5.26 Å². The number of aromatic nitrogens is 2. The van der Waals surface area contributed by atoms with Gasteiger partial charge in [0.2, 0.25) is 0 Å². The van der Waals surface area contributed by atoms with Gasteiger partial charge in [0.1, 0.15) is 5.82 Å². The van der Waals surface area contributed by atoms with E-state index in [9.17, 15) is 9.18 Å². The van der Waals surface area contributed by atoms with Crippen LogP contribution in [0.4, 0.5) is 15.8 Å². The van der Waals surface area contributed by atoms with Gasteiger partial charge in [-0.1, -0.05) is 68.7 Å². The molecule has 9 heteroatoms. The summed E-state index contributed by atoms with van der Waals surface area (Å²) in [4.78, 5) is 16.5. The summed E-state index contributed by atoms with van der Waals surface area (Å²) < 4.78 is 16.3. The second kappa shape index (κ2) is 16.8. The number of hydrogen-bond acceptors (Lipinski definition) is 5. The summed E-state index contributed by atoms with van der Waals surface area (Å²) in [6.07, 6.45) is 3.23. The number of carbonyl (C=O) groups excluding carboxylic acids is 1. The third-order valence-corrected chi connectivity index (χ3v) is 7.81. The zero-order valence-corrected chi connectivity index (χ0v) is 27.4. The van der Waals surface area contributed by atoms with Gasteiger partial charge in [0.25, 0.3) is 5.91 Å². The zero-order chi connectivity index (χ0) is 31.4. The van der Waals surface area contributed by atoms with Crippen LogP contribution in [0, 0.1) is 17.1 Å². The molecule has 1 aromatic heterocycles. The highest BCUT2D eigenvalue weighted by Crippen LogP contribution is 2.35. The summed E-state index contributed by atoms with van der Waals surface area (Å²) in [7, 11) is 0. The fraction of sp³-hybridized carbons (Fsp3) is 0.382. The molecule has 1 fully saturated rings. The average molecular weight is 650 g/mol. The van der Waals surface area contributed by atoms with E-state index in [1.54, 1.807) is 12.1 Å². The molecule has 1 saturated heterocycles. The highest BCUT2D eigenvalue weighted by Gasteiger charge is 2.23. The Morgan fingerprint density at radius 2 is 1.72 bits per heavy atom. The van der Waals surface area contributed by atoms with Gasteiger partial charge in [-0.2, -0.15) is 10.4 Å². The third-order valence-electron chi connectivity index (χ3n) is 7.02. The SMILES string of the molecule is CC.CC.CCCBr.N#Cc1ccc(N2CCN(Cc3ccn(Cc4ccc5c6c(cccc46)C(=O)N5)n3)CC2)c(F)c1. The summed E-state index contributed by atoms with van der Waals surface area (Å²) in [6.45, 7) is 14.5. The van der Waals surface area contributed by atoms with Crippen LogP contribution in [-0.4, -0.2) is 52.1 Å². The molecule has 0 radical (unpaired) electrons. The van der Waals surface area contributed by atoms with Crippen LogP contribution in [0.5, 0.6) is 0 Å². The fourth-order valence-corrected chi connectivity index (χ4v) is 5.05. The van der Waals surface area contributed by atoms with E-state index in [4.69, 9.17) is 10.4 Å². The molecule has 6 rings (SSSR count). The first kappa shape index (κ1) is 33.8. The van der Waals surface area contributed by atoms with E-state index in [1.807, 2.05) is 73.8 Å². The summed E-state index contributed by atoms with van der Waals surface area (Å²) in [5.41, 5.74) is 4.59. The van der Waals surface area contributed by atoms with Crippen molar-refractivity contribution in [2.75, 3.05) is 41.7 Å². The number of rotatable bonds is 6. The monoisotopic (exact) mass is 648 g/mol. The average Bonchev–Trinajstić information content (AvgIpc) is 3.64. The van der Waals surface area contributed by atoms with E-state index >= 15 is 0 Å². The van der Waals surface area contributed by atoms with Crippen molar-refractivity contribution in [2.45, 2.75) is 54.1 Å². The molecule has 4 aromatic rings. The van der Waals surface area contributed by atoms with Crippen LogP contribution in [0.2, 0.25) is 0 Å². The van der Waals surface area contributed by atoms with E-state index < -0.39 is 0 Å². The Bertz CT molecular complexity index is 1540. The van der Waals surface area contributed by atoms with E-state index in [0.717, 1.165) is 71.3 Å². The Morgan fingerprint density at radius 1 is 1.00 bits per heavy atom. The molecule has 3 aromatic carbocycles. The van der Waals surface area contributed by atoms with Crippen molar-refractivity contribution in [3.8, 4) is 6.07 Å². The van der Waals surface area contributed by atoms with Gasteiger partial charge in [-0.3, -0.25) is 14.4 Å². The quantitative estimate of drug-likeness (QED) is 0.216. The summed E-state index contributed by atoms with van der Waals surface area (Å²) in [6, 6.07) is 18.5. The predicted molar refractivity (Wildman–Crippen MR) is 179 cm³/mol. The Labute approximate surface area is 263 Å². The molecule has 0 bridgehead atoms. The molecule has 3 heterocycles. The summed E-state index contributed by atoms with van der Waals surface area (Å²) >= 11 is 3.25. The Hall–Kier alpha value is -3.74. The van der Waals surface area contributed by atoms with E-state index in [-0.39, 0.29) is 11.7 Å². The molecule has 0 aliphatic carbocycles. The molecular formula is C34H42BrFN6O. The van der Waals surface area contributed by atoms with E-state index in [0.29, 0.717) is 17.8 Å². The van der Waals surface area contributed by atoms with Crippen molar-refractivity contribution in [3.05, 3.63) is 89.0 Å². The molecule has 0 spiro atoms. The topological polar surface area (TPSA) is 77.2 Å². The van der Waals surface area contributed by atoms with Gasteiger partial charge >= 0.3 is 0 Å².